The van der Waals surface area contributed by atoms with Crippen molar-refractivity contribution in [1.29, 1.82) is 0 Å². The fraction of sp³-hybridized carbons (Fsp3) is 0.286. The van der Waals surface area contributed by atoms with Crippen LogP contribution in [0.5, 0.6) is 0 Å². The van der Waals surface area contributed by atoms with Gasteiger partial charge in [0.15, 0.2) is 0 Å². The summed E-state index contributed by atoms with van der Waals surface area (Å²) in [5, 5.41) is 3.98. The molecule has 0 aliphatic heterocycles. The Labute approximate surface area is 147 Å². The van der Waals surface area contributed by atoms with E-state index in [1.807, 2.05) is 42.5 Å². The van der Waals surface area contributed by atoms with Crippen LogP contribution in [0.3, 0.4) is 0 Å². The molecule has 1 aromatic heterocycles. The molecule has 1 aliphatic carbocycles. The zero-order valence-electron chi connectivity index (χ0n) is 14.1. The fourth-order valence-corrected chi connectivity index (χ4v) is 3.89. The number of carbonyl (C=O) groups is 1. The van der Waals surface area contributed by atoms with Crippen LogP contribution in [-0.4, -0.2) is 15.9 Å². The maximum absolute atomic E-state index is 13.4. The Morgan fingerprint density at radius 3 is 2.40 bits per heavy atom. The zero-order valence-corrected chi connectivity index (χ0v) is 14.1. The molecule has 1 saturated carbocycles. The third-order valence-electron chi connectivity index (χ3n) is 5.24. The van der Waals surface area contributed by atoms with Crippen LogP contribution in [0.15, 0.2) is 60.9 Å². The molecule has 3 aromatic rings. The van der Waals surface area contributed by atoms with Gasteiger partial charge in [0.25, 0.3) is 0 Å². The number of rotatable bonds is 3. The molecule has 126 valence electrons. The van der Waals surface area contributed by atoms with Crippen LogP contribution < -0.4 is 5.32 Å². The van der Waals surface area contributed by atoms with Crippen molar-refractivity contribution < 1.29 is 4.79 Å². The van der Waals surface area contributed by atoms with E-state index in [9.17, 15) is 4.79 Å². The second-order valence-electron chi connectivity index (χ2n) is 6.70. The molecule has 0 radical (unpaired) electrons. The van der Waals surface area contributed by atoms with Gasteiger partial charge in [0.05, 0.1) is 10.9 Å². The van der Waals surface area contributed by atoms with Gasteiger partial charge in [-0.1, -0.05) is 61.7 Å². The summed E-state index contributed by atoms with van der Waals surface area (Å²) in [5.74, 6) is 0.638. The highest BCUT2D eigenvalue weighted by molar-refractivity contribution is 6.03. The van der Waals surface area contributed by atoms with E-state index in [1.165, 1.54) is 12.7 Å². The van der Waals surface area contributed by atoms with E-state index in [-0.39, 0.29) is 5.91 Å². The van der Waals surface area contributed by atoms with E-state index in [2.05, 4.69) is 27.4 Å². The van der Waals surface area contributed by atoms with E-state index in [0.717, 1.165) is 42.1 Å². The topological polar surface area (TPSA) is 54.9 Å². The number of hydrogen-bond acceptors (Lipinski definition) is 3. The van der Waals surface area contributed by atoms with Crippen LogP contribution in [0.2, 0.25) is 0 Å². The number of hydrogen-bond donors (Lipinski definition) is 1. The molecular formula is C21H21N3O. The van der Waals surface area contributed by atoms with Crippen molar-refractivity contribution in [3.8, 4) is 0 Å². The highest BCUT2D eigenvalue weighted by atomic mass is 16.2. The van der Waals surface area contributed by atoms with Gasteiger partial charge < -0.3 is 5.32 Å². The normalized spacial score (nSPS) is 16.5. The second kappa shape index (κ2) is 6.63. The molecular weight excluding hydrogens is 310 g/mol. The smallest absolute Gasteiger partial charge is 0.236 e. The maximum atomic E-state index is 13.4. The number of carbonyl (C=O) groups excluding carboxylic acids is 1. The lowest BCUT2D eigenvalue weighted by Gasteiger charge is -2.36. The van der Waals surface area contributed by atoms with Crippen molar-refractivity contribution in [3.05, 3.63) is 66.5 Å². The molecule has 1 heterocycles. The van der Waals surface area contributed by atoms with Gasteiger partial charge in [-0.2, -0.15) is 0 Å². The molecule has 1 amide bonds. The molecule has 1 fully saturated rings. The minimum atomic E-state index is -0.467. The number of fused-ring (bicyclic) bond motifs is 1. The van der Waals surface area contributed by atoms with Crippen molar-refractivity contribution in [3.63, 3.8) is 0 Å². The second-order valence-corrected chi connectivity index (χ2v) is 6.70. The molecule has 0 spiro atoms. The summed E-state index contributed by atoms with van der Waals surface area (Å²) in [7, 11) is 0. The van der Waals surface area contributed by atoms with E-state index in [1.54, 1.807) is 0 Å². The molecule has 1 aliphatic rings. The molecule has 0 saturated heterocycles. The zero-order chi connectivity index (χ0) is 17.1. The van der Waals surface area contributed by atoms with Gasteiger partial charge in [-0.05, 0) is 30.5 Å². The minimum absolute atomic E-state index is 0.0438. The van der Waals surface area contributed by atoms with E-state index in [0.29, 0.717) is 5.82 Å². The summed E-state index contributed by atoms with van der Waals surface area (Å²) in [5.41, 5.74) is 1.47. The first-order valence-corrected chi connectivity index (χ1v) is 8.86. The molecule has 25 heavy (non-hydrogen) atoms. The molecule has 1 N–H and O–H groups in total. The summed E-state index contributed by atoms with van der Waals surface area (Å²) in [6.07, 6.45) is 6.61. The molecule has 2 aromatic carbocycles. The monoisotopic (exact) mass is 331 g/mol. The highest BCUT2D eigenvalue weighted by Crippen LogP contribution is 2.40. The quantitative estimate of drug-likeness (QED) is 0.770. The standard InChI is InChI=1S/C21H21N3O/c25-20(24-19-17-11-5-6-12-18(17)22-15-23-19)21(13-7-2-8-14-21)16-9-3-1-4-10-16/h1,3-6,9-12,15H,2,7-8,13-14H2,(H,22,23,24,25). The number of nitrogens with one attached hydrogen (secondary N) is 1. The Balaban J connectivity index is 1.72. The van der Waals surface area contributed by atoms with Crippen LogP contribution in [0.4, 0.5) is 5.82 Å². The van der Waals surface area contributed by atoms with Gasteiger partial charge in [0, 0.05) is 5.39 Å². The molecule has 4 nitrogen and oxygen atoms in total. The summed E-state index contributed by atoms with van der Waals surface area (Å²) in [6, 6.07) is 17.9. The Morgan fingerprint density at radius 1 is 0.880 bits per heavy atom. The average molecular weight is 331 g/mol. The predicted octanol–water partition coefficient (Wildman–Crippen LogP) is 4.47. The molecule has 4 heteroatoms. The molecule has 0 unspecified atom stereocenters. The number of nitrogens with zero attached hydrogens (tertiary/aromatic N) is 2. The van der Waals surface area contributed by atoms with Crippen molar-refractivity contribution >= 4 is 22.6 Å². The van der Waals surface area contributed by atoms with Gasteiger partial charge >= 0.3 is 0 Å². The lowest BCUT2D eigenvalue weighted by atomic mass is 9.68. The molecule has 4 rings (SSSR count). The van der Waals surface area contributed by atoms with Crippen LogP contribution >= 0.6 is 0 Å². The van der Waals surface area contributed by atoms with Crippen LogP contribution in [0, 0.1) is 0 Å². The Bertz CT molecular complexity index is 881. The lowest BCUT2D eigenvalue weighted by Crippen LogP contribution is -2.42. The van der Waals surface area contributed by atoms with E-state index < -0.39 is 5.41 Å². The van der Waals surface area contributed by atoms with Gasteiger partial charge in [-0.15, -0.1) is 0 Å². The van der Waals surface area contributed by atoms with Gasteiger partial charge in [-0.3, -0.25) is 4.79 Å². The first-order valence-electron chi connectivity index (χ1n) is 8.86. The number of benzene rings is 2. The number of anilines is 1. The largest absolute Gasteiger partial charge is 0.309 e. The van der Waals surface area contributed by atoms with Crippen molar-refractivity contribution in [2.45, 2.75) is 37.5 Å². The maximum Gasteiger partial charge on any atom is 0.236 e. The van der Waals surface area contributed by atoms with Gasteiger partial charge in [0.2, 0.25) is 5.91 Å². The predicted molar refractivity (Wildman–Crippen MR) is 99.4 cm³/mol. The lowest BCUT2D eigenvalue weighted by molar-refractivity contribution is -0.122. The number of amides is 1. The summed E-state index contributed by atoms with van der Waals surface area (Å²) in [6.45, 7) is 0. The Morgan fingerprint density at radius 2 is 1.60 bits per heavy atom. The van der Waals surface area contributed by atoms with Crippen molar-refractivity contribution in [1.82, 2.24) is 9.97 Å². The first-order chi connectivity index (χ1) is 12.3. The van der Waals surface area contributed by atoms with Crippen LogP contribution in [-0.2, 0) is 10.2 Å². The van der Waals surface area contributed by atoms with Crippen LogP contribution in [0.25, 0.3) is 10.9 Å². The first kappa shape index (κ1) is 15.8. The van der Waals surface area contributed by atoms with Gasteiger partial charge in [-0.25, -0.2) is 9.97 Å². The third-order valence-corrected chi connectivity index (χ3v) is 5.24. The van der Waals surface area contributed by atoms with E-state index in [4.69, 9.17) is 0 Å². The SMILES string of the molecule is O=C(Nc1ncnc2ccccc12)C1(c2ccccc2)CCCCC1. The number of para-hydroxylation sites is 1. The van der Waals surface area contributed by atoms with Crippen molar-refractivity contribution in [2.24, 2.45) is 0 Å². The average Bonchev–Trinajstić information content (AvgIpc) is 2.69. The molecule has 0 atom stereocenters. The van der Waals surface area contributed by atoms with E-state index >= 15 is 0 Å². The fourth-order valence-electron chi connectivity index (χ4n) is 3.89. The molecule has 0 bridgehead atoms. The highest BCUT2D eigenvalue weighted by Gasteiger charge is 2.41. The van der Waals surface area contributed by atoms with Crippen molar-refractivity contribution in [2.75, 3.05) is 5.32 Å². The summed E-state index contributed by atoms with van der Waals surface area (Å²) >= 11 is 0. The summed E-state index contributed by atoms with van der Waals surface area (Å²) in [4.78, 5) is 22.0. The number of aromatic nitrogens is 2. The third kappa shape index (κ3) is 2.88. The summed E-state index contributed by atoms with van der Waals surface area (Å²) < 4.78 is 0. The minimum Gasteiger partial charge on any atom is -0.309 e. The Kier molecular flexibility index (Phi) is 4.18. The Hall–Kier alpha value is -2.75. The van der Waals surface area contributed by atoms with Gasteiger partial charge in [0.1, 0.15) is 12.1 Å². The van der Waals surface area contributed by atoms with Crippen LogP contribution in [0.1, 0.15) is 37.7 Å².